The van der Waals surface area contributed by atoms with Gasteiger partial charge in [-0.3, -0.25) is 0 Å². The summed E-state index contributed by atoms with van der Waals surface area (Å²) in [6.07, 6.45) is 5.44. The lowest BCUT2D eigenvalue weighted by atomic mass is 9.95. The highest BCUT2D eigenvalue weighted by molar-refractivity contribution is 5.50. The van der Waals surface area contributed by atoms with Gasteiger partial charge in [-0.15, -0.1) is 0 Å². The third-order valence-corrected chi connectivity index (χ3v) is 3.59. The maximum absolute atomic E-state index is 9.07. The van der Waals surface area contributed by atoms with Gasteiger partial charge in [-0.25, -0.2) is 16.5 Å². The molecule has 0 spiro atoms. The van der Waals surface area contributed by atoms with Crippen molar-refractivity contribution in [1.29, 1.82) is 5.26 Å². The first-order valence-corrected chi connectivity index (χ1v) is 8.48. The minimum Gasteiger partial charge on any atom is -0.352 e. The molecule has 0 amide bonds. The summed E-state index contributed by atoms with van der Waals surface area (Å²) >= 11 is 0. The van der Waals surface area contributed by atoms with E-state index in [2.05, 4.69) is 52.6 Å². The van der Waals surface area contributed by atoms with Gasteiger partial charge in [0.2, 0.25) is 12.4 Å². The van der Waals surface area contributed by atoms with Crippen LogP contribution in [0, 0.1) is 23.3 Å². The maximum Gasteiger partial charge on any atom is 0.234 e. The standard InChI is InChI=1S/C21H23N5/c1-21(2,3)16-26(20-11-13-24-19(14-22)25-20)15-18-9-7-17(8-10-18)6-5-12-23-4/h5-11,13H,12,15-16H2,1-3H3/b6-5+. The highest BCUT2D eigenvalue weighted by Crippen LogP contribution is 2.22. The quantitative estimate of drug-likeness (QED) is 0.731. The van der Waals surface area contributed by atoms with Crippen LogP contribution in [-0.4, -0.2) is 23.1 Å². The molecule has 1 heterocycles. The van der Waals surface area contributed by atoms with Crippen molar-refractivity contribution in [2.45, 2.75) is 27.3 Å². The smallest absolute Gasteiger partial charge is 0.234 e. The van der Waals surface area contributed by atoms with Crippen molar-refractivity contribution in [3.8, 4) is 6.07 Å². The van der Waals surface area contributed by atoms with Crippen LogP contribution >= 0.6 is 0 Å². The van der Waals surface area contributed by atoms with Crippen LogP contribution in [0.5, 0.6) is 0 Å². The van der Waals surface area contributed by atoms with Crippen molar-refractivity contribution in [3.63, 3.8) is 0 Å². The van der Waals surface area contributed by atoms with Crippen LogP contribution < -0.4 is 4.90 Å². The predicted molar refractivity (Wildman–Crippen MR) is 104 cm³/mol. The Balaban J connectivity index is 2.21. The molecule has 0 radical (unpaired) electrons. The second kappa shape index (κ2) is 8.78. The molecule has 0 aliphatic carbocycles. The van der Waals surface area contributed by atoms with Gasteiger partial charge in [0.25, 0.3) is 0 Å². The van der Waals surface area contributed by atoms with Gasteiger partial charge in [0.1, 0.15) is 11.9 Å². The van der Waals surface area contributed by atoms with Gasteiger partial charge in [-0.1, -0.05) is 51.1 Å². The Hall–Kier alpha value is -3.18. The third-order valence-electron chi connectivity index (χ3n) is 3.59. The normalized spacial score (nSPS) is 11.1. The molecule has 2 rings (SSSR count). The molecule has 0 saturated heterocycles. The van der Waals surface area contributed by atoms with Gasteiger partial charge in [0, 0.05) is 19.3 Å². The van der Waals surface area contributed by atoms with Crippen molar-refractivity contribution >= 4 is 11.9 Å². The van der Waals surface area contributed by atoms with Crippen molar-refractivity contribution in [1.82, 2.24) is 9.97 Å². The van der Waals surface area contributed by atoms with E-state index in [9.17, 15) is 0 Å². The molecule has 0 bridgehead atoms. The number of nitriles is 1. The van der Waals surface area contributed by atoms with E-state index in [1.165, 1.54) is 0 Å². The van der Waals surface area contributed by atoms with Gasteiger partial charge >= 0.3 is 0 Å². The van der Waals surface area contributed by atoms with Crippen LogP contribution in [0.1, 0.15) is 37.7 Å². The first-order valence-electron chi connectivity index (χ1n) is 8.48. The molecule has 0 aliphatic rings. The fourth-order valence-electron chi connectivity index (χ4n) is 2.57. The number of hydrogen-bond acceptors (Lipinski definition) is 4. The second-order valence-electron chi connectivity index (χ2n) is 7.25. The van der Waals surface area contributed by atoms with E-state index in [0.29, 0.717) is 13.1 Å². The SMILES string of the molecule is [C-]#[N+]C/C=C/c1ccc(CN(CC(C)(C)C)c2ccnc(C#N)n2)cc1. The maximum atomic E-state index is 9.07. The van der Waals surface area contributed by atoms with Crippen LogP contribution in [0.2, 0.25) is 0 Å². The molecule has 132 valence electrons. The number of nitrogens with zero attached hydrogens (tertiary/aromatic N) is 5. The van der Waals surface area contributed by atoms with E-state index in [4.69, 9.17) is 11.8 Å². The fraction of sp³-hybridized carbons (Fsp3) is 0.333. The molecule has 0 saturated carbocycles. The van der Waals surface area contributed by atoms with Gasteiger partial charge in [-0.05, 0) is 28.7 Å². The fourth-order valence-corrected chi connectivity index (χ4v) is 2.57. The molecular weight excluding hydrogens is 322 g/mol. The number of benzene rings is 1. The molecule has 1 aromatic carbocycles. The Morgan fingerprint density at radius 2 is 1.96 bits per heavy atom. The highest BCUT2D eigenvalue weighted by Gasteiger charge is 2.18. The number of hydrogen-bond donors (Lipinski definition) is 0. The number of anilines is 1. The molecule has 0 N–H and O–H groups in total. The summed E-state index contributed by atoms with van der Waals surface area (Å²) in [5.74, 6) is 0.939. The minimum absolute atomic E-state index is 0.0835. The van der Waals surface area contributed by atoms with Crippen LogP contribution in [0.3, 0.4) is 0 Å². The average molecular weight is 345 g/mol. The number of aromatic nitrogens is 2. The van der Waals surface area contributed by atoms with Crippen molar-refractivity contribution in [2.24, 2.45) is 5.41 Å². The molecule has 0 atom stereocenters. The summed E-state index contributed by atoms with van der Waals surface area (Å²) in [6.45, 7) is 15.2. The molecular formula is C21H23N5. The first-order chi connectivity index (χ1) is 12.4. The summed E-state index contributed by atoms with van der Waals surface area (Å²) in [6, 6.07) is 12.1. The van der Waals surface area contributed by atoms with E-state index in [1.807, 2.05) is 36.4 Å². The van der Waals surface area contributed by atoms with E-state index in [1.54, 1.807) is 6.20 Å². The summed E-state index contributed by atoms with van der Waals surface area (Å²) in [5, 5.41) is 9.07. The number of rotatable bonds is 6. The Morgan fingerprint density at radius 3 is 2.58 bits per heavy atom. The third kappa shape index (κ3) is 6.03. The van der Waals surface area contributed by atoms with Crippen molar-refractivity contribution in [2.75, 3.05) is 18.0 Å². The topological polar surface area (TPSA) is 57.2 Å². The summed E-state index contributed by atoms with van der Waals surface area (Å²) < 4.78 is 0. The Labute approximate surface area is 155 Å². The van der Waals surface area contributed by atoms with E-state index in [-0.39, 0.29) is 11.2 Å². The zero-order valence-corrected chi connectivity index (χ0v) is 15.5. The van der Waals surface area contributed by atoms with Crippen LogP contribution in [0.4, 0.5) is 5.82 Å². The van der Waals surface area contributed by atoms with Gasteiger partial charge in [0.05, 0.1) is 0 Å². The van der Waals surface area contributed by atoms with E-state index < -0.39 is 0 Å². The van der Waals surface area contributed by atoms with Crippen LogP contribution in [0.15, 0.2) is 42.6 Å². The molecule has 26 heavy (non-hydrogen) atoms. The zero-order valence-electron chi connectivity index (χ0n) is 15.5. The minimum atomic E-state index is 0.0835. The average Bonchev–Trinajstić information content (AvgIpc) is 2.62. The Morgan fingerprint density at radius 1 is 1.23 bits per heavy atom. The molecule has 0 aliphatic heterocycles. The second-order valence-corrected chi connectivity index (χ2v) is 7.25. The van der Waals surface area contributed by atoms with Gasteiger partial charge in [0.15, 0.2) is 0 Å². The summed E-state index contributed by atoms with van der Waals surface area (Å²) in [4.78, 5) is 13.8. The van der Waals surface area contributed by atoms with E-state index in [0.717, 1.165) is 23.5 Å². The van der Waals surface area contributed by atoms with E-state index >= 15 is 0 Å². The summed E-state index contributed by atoms with van der Waals surface area (Å²) in [7, 11) is 0. The monoisotopic (exact) mass is 345 g/mol. The molecule has 5 heteroatoms. The predicted octanol–water partition coefficient (Wildman–Crippen LogP) is 4.33. The largest absolute Gasteiger partial charge is 0.352 e. The van der Waals surface area contributed by atoms with Crippen molar-refractivity contribution < 1.29 is 0 Å². The molecule has 0 unspecified atom stereocenters. The van der Waals surface area contributed by atoms with Crippen LogP contribution in [0.25, 0.3) is 10.9 Å². The molecule has 2 aromatic rings. The Bertz CT molecular complexity index is 832. The lowest BCUT2D eigenvalue weighted by Gasteiger charge is -2.31. The zero-order chi connectivity index (χ0) is 19.0. The highest BCUT2D eigenvalue weighted by atomic mass is 15.2. The molecule has 1 aromatic heterocycles. The first kappa shape index (κ1) is 19.1. The lowest BCUT2D eigenvalue weighted by molar-refractivity contribution is 0.407. The lowest BCUT2D eigenvalue weighted by Crippen LogP contribution is -2.33. The van der Waals surface area contributed by atoms with Gasteiger partial charge < -0.3 is 9.74 Å². The molecule has 5 nitrogen and oxygen atoms in total. The van der Waals surface area contributed by atoms with Crippen molar-refractivity contribution in [3.05, 3.63) is 71.0 Å². The molecule has 0 fully saturated rings. The Kier molecular flexibility index (Phi) is 6.47. The summed E-state index contributed by atoms with van der Waals surface area (Å²) in [5.41, 5.74) is 2.32. The van der Waals surface area contributed by atoms with Crippen LogP contribution in [-0.2, 0) is 6.54 Å². The van der Waals surface area contributed by atoms with Gasteiger partial charge in [-0.2, -0.15) is 5.26 Å².